The highest BCUT2D eigenvalue weighted by Crippen LogP contribution is 2.22. The fourth-order valence-corrected chi connectivity index (χ4v) is 0.851. The zero-order valence-corrected chi connectivity index (χ0v) is 7.04. The maximum absolute atomic E-state index is 12.4. The van der Waals surface area contributed by atoms with Gasteiger partial charge in [0.15, 0.2) is 6.67 Å². The van der Waals surface area contributed by atoms with Crippen LogP contribution in [0.4, 0.5) is 13.2 Å². The molecule has 76 valence electrons. The molecule has 0 aromatic heterocycles. The highest BCUT2D eigenvalue weighted by Gasteiger charge is 2.31. The number of halogens is 3. The average molecular weight is 204 g/mol. The molecule has 0 aliphatic rings. The number of rotatable bonds is 4. The van der Waals surface area contributed by atoms with Crippen molar-refractivity contribution in [3.63, 3.8) is 0 Å². The maximum atomic E-state index is 12.4. The number of aldehydes is 1. The number of carbonyl (C=O) groups excluding carboxylic acids is 1. The van der Waals surface area contributed by atoms with Crippen LogP contribution in [-0.4, -0.2) is 19.1 Å². The first-order valence-electron chi connectivity index (χ1n) is 3.75. The van der Waals surface area contributed by atoms with Gasteiger partial charge in [-0.2, -0.15) is 8.78 Å². The third kappa shape index (κ3) is 2.76. The molecule has 0 heterocycles. The molecule has 0 aliphatic heterocycles. The van der Waals surface area contributed by atoms with Crippen LogP contribution in [0.15, 0.2) is 24.3 Å². The highest BCUT2D eigenvalue weighted by atomic mass is 19.3. The Morgan fingerprint density at radius 2 is 2.14 bits per heavy atom. The van der Waals surface area contributed by atoms with E-state index in [0.717, 1.165) is 6.07 Å². The van der Waals surface area contributed by atoms with Crippen molar-refractivity contribution in [3.05, 3.63) is 29.8 Å². The summed E-state index contributed by atoms with van der Waals surface area (Å²) in [5, 5.41) is 0. The van der Waals surface area contributed by atoms with Gasteiger partial charge in [0, 0.05) is 5.56 Å². The van der Waals surface area contributed by atoms with Crippen LogP contribution in [0, 0.1) is 0 Å². The second-order valence-corrected chi connectivity index (χ2v) is 2.56. The van der Waals surface area contributed by atoms with E-state index in [0.29, 0.717) is 6.29 Å². The molecule has 0 aliphatic carbocycles. The minimum atomic E-state index is -3.85. The normalized spacial score (nSPS) is 11.1. The van der Waals surface area contributed by atoms with E-state index >= 15 is 0 Å². The van der Waals surface area contributed by atoms with Crippen LogP contribution in [0.3, 0.4) is 0 Å². The lowest BCUT2D eigenvalue weighted by atomic mass is 10.2. The van der Waals surface area contributed by atoms with Crippen LogP contribution in [0.2, 0.25) is 0 Å². The van der Waals surface area contributed by atoms with Gasteiger partial charge in [0.05, 0.1) is 0 Å². The zero-order chi connectivity index (χ0) is 10.6. The largest absolute Gasteiger partial charge is 0.431 e. The molecule has 0 unspecified atom stereocenters. The first kappa shape index (κ1) is 10.6. The van der Waals surface area contributed by atoms with Crippen molar-refractivity contribution in [1.29, 1.82) is 0 Å². The summed E-state index contributed by atoms with van der Waals surface area (Å²) in [7, 11) is 0. The van der Waals surface area contributed by atoms with Gasteiger partial charge in [-0.05, 0) is 12.1 Å². The summed E-state index contributed by atoms with van der Waals surface area (Å²) >= 11 is 0. The quantitative estimate of drug-likeness (QED) is 0.704. The summed E-state index contributed by atoms with van der Waals surface area (Å²) in [6, 6.07) is 5.12. The Labute approximate surface area is 78.3 Å². The molecule has 2 nitrogen and oxygen atoms in total. The average Bonchev–Trinajstić information content (AvgIpc) is 2.17. The minimum absolute atomic E-state index is 0.192. The Morgan fingerprint density at radius 3 is 2.71 bits per heavy atom. The van der Waals surface area contributed by atoms with E-state index in [4.69, 9.17) is 0 Å². The van der Waals surface area contributed by atoms with Crippen molar-refractivity contribution >= 4 is 6.29 Å². The fraction of sp³-hybridized carbons (Fsp3) is 0.222. The Kier molecular flexibility index (Phi) is 3.11. The molecule has 5 heteroatoms. The number of hydrogen-bond donors (Lipinski definition) is 0. The molecule has 1 aromatic carbocycles. The first-order chi connectivity index (χ1) is 6.57. The topological polar surface area (TPSA) is 26.3 Å². The first-order valence-corrected chi connectivity index (χ1v) is 3.75. The summed E-state index contributed by atoms with van der Waals surface area (Å²) < 4.78 is 40.5. The van der Waals surface area contributed by atoms with Crippen LogP contribution in [0.5, 0.6) is 5.75 Å². The molecule has 0 atom stereocenters. The molecular formula is C9H7F3O2. The fourth-order valence-electron chi connectivity index (χ4n) is 0.851. The van der Waals surface area contributed by atoms with Gasteiger partial charge >= 0.3 is 6.11 Å². The van der Waals surface area contributed by atoms with Gasteiger partial charge in [-0.25, -0.2) is 4.39 Å². The Bertz CT molecular complexity index is 326. The summed E-state index contributed by atoms with van der Waals surface area (Å²) in [6.45, 7) is -1.90. The second-order valence-electron chi connectivity index (χ2n) is 2.56. The Balaban J connectivity index is 2.81. The van der Waals surface area contributed by atoms with E-state index in [2.05, 4.69) is 4.74 Å². The van der Waals surface area contributed by atoms with Crippen LogP contribution in [0.1, 0.15) is 10.4 Å². The smallest absolute Gasteiger partial charge is 0.427 e. The number of ether oxygens (including phenoxy) is 1. The van der Waals surface area contributed by atoms with Gasteiger partial charge in [-0.3, -0.25) is 4.79 Å². The number of hydrogen-bond acceptors (Lipinski definition) is 2. The van der Waals surface area contributed by atoms with Crippen molar-refractivity contribution in [3.8, 4) is 5.75 Å². The van der Waals surface area contributed by atoms with Crippen molar-refractivity contribution < 1.29 is 22.7 Å². The predicted molar refractivity (Wildman–Crippen MR) is 43.4 cm³/mol. The van der Waals surface area contributed by atoms with Crippen molar-refractivity contribution in [2.45, 2.75) is 6.11 Å². The molecule has 0 saturated carbocycles. The molecule has 0 bridgehead atoms. The highest BCUT2D eigenvalue weighted by molar-refractivity contribution is 5.75. The molecule has 0 fully saturated rings. The molecule has 1 aromatic rings. The third-order valence-corrected chi connectivity index (χ3v) is 1.42. The number of carbonyl (C=O) groups is 1. The SMILES string of the molecule is O=Cc1cccc(OC(F)(F)CF)c1. The summed E-state index contributed by atoms with van der Waals surface area (Å²) in [5.74, 6) is -0.239. The summed E-state index contributed by atoms with van der Waals surface area (Å²) in [5.41, 5.74) is 0.192. The van der Waals surface area contributed by atoms with Crippen LogP contribution in [0.25, 0.3) is 0 Å². The van der Waals surface area contributed by atoms with E-state index in [-0.39, 0.29) is 11.3 Å². The standard InChI is InChI=1S/C9H7F3O2/c10-6-9(11,12)14-8-3-1-2-7(4-8)5-13/h1-5H,6H2. The third-order valence-electron chi connectivity index (χ3n) is 1.42. The minimum Gasteiger partial charge on any atom is -0.431 e. The van der Waals surface area contributed by atoms with Gasteiger partial charge in [0.25, 0.3) is 0 Å². The van der Waals surface area contributed by atoms with Crippen molar-refractivity contribution in [2.24, 2.45) is 0 Å². The lowest BCUT2D eigenvalue weighted by molar-refractivity contribution is -0.186. The van der Waals surface area contributed by atoms with E-state index < -0.39 is 12.8 Å². The molecule has 0 radical (unpaired) electrons. The van der Waals surface area contributed by atoms with Crippen LogP contribution >= 0.6 is 0 Å². The van der Waals surface area contributed by atoms with Crippen molar-refractivity contribution in [2.75, 3.05) is 6.67 Å². The van der Waals surface area contributed by atoms with Crippen LogP contribution in [-0.2, 0) is 0 Å². The summed E-state index contributed by atoms with van der Waals surface area (Å²) in [4.78, 5) is 10.3. The molecule has 0 saturated heterocycles. The van der Waals surface area contributed by atoms with E-state index in [1.807, 2.05) is 0 Å². The van der Waals surface area contributed by atoms with E-state index in [1.54, 1.807) is 0 Å². The van der Waals surface area contributed by atoms with Gasteiger partial charge in [0.2, 0.25) is 0 Å². The second kappa shape index (κ2) is 4.13. The predicted octanol–water partition coefficient (Wildman–Crippen LogP) is 2.44. The van der Waals surface area contributed by atoms with Crippen molar-refractivity contribution in [1.82, 2.24) is 0 Å². The number of benzene rings is 1. The molecule has 14 heavy (non-hydrogen) atoms. The van der Waals surface area contributed by atoms with Gasteiger partial charge < -0.3 is 4.74 Å². The molecule has 0 N–H and O–H groups in total. The monoisotopic (exact) mass is 204 g/mol. The van der Waals surface area contributed by atoms with Crippen LogP contribution < -0.4 is 4.74 Å². The van der Waals surface area contributed by atoms with Gasteiger partial charge in [-0.1, -0.05) is 12.1 Å². The molecule has 0 amide bonds. The molecular weight excluding hydrogens is 197 g/mol. The lowest BCUT2D eigenvalue weighted by Crippen LogP contribution is -2.26. The zero-order valence-electron chi connectivity index (χ0n) is 7.04. The van der Waals surface area contributed by atoms with Gasteiger partial charge in [-0.15, -0.1) is 0 Å². The number of alkyl halides is 3. The Morgan fingerprint density at radius 1 is 1.43 bits per heavy atom. The Hall–Kier alpha value is -1.52. The van der Waals surface area contributed by atoms with E-state index in [1.165, 1.54) is 18.2 Å². The van der Waals surface area contributed by atoms with Gasteiger partial charge in [0.1, 0.15) is 12.0 Å². The molecule has 1 rings (SSSR count). The van der Waals surface area contributed by atoms with E-state index in [9.17, 15) is 18.0 Å². The molecule has 0 spiro atoms. The maximum Gasteiger partial charge on any atom is 0.427 e. The summed E-state index contributed by atoms with van der Waals surface area (Å²) in [6.07, 6.45) is -3.36. The lowest BCUT2D eigenvalue weighted by Gasteiger charge is -2.14.